The number of fused-ring (bicyclic) bond motifs is 3. The fraction of sp³-hybridized carbons (Fsp3) is 0.318. The molecule has 2 aliphatic heterocycles. The van der Waals surface area contributed by atoms with Crippen LogP contribution in [0.25, 0.3) is 0 Å². The summed E-state index contributed by atoms with van der Waals surface area (Å²) in [6.45, 7) is 4.39. The molecular weight excluding hydrogens is 354 g/mol. The van der Waals surface area contributed by atoms with Crippen molar-refractivity contribution in [1.29, 1.82) is 0 Å². The minimum absolute atomic E-state index is 0.0392. The van der Waals surface area contributed by atoms with E-state index in [1.165, 1.54) is 7.11 Å². The standard InChI is InChI=1S/C22H23N3O3/c1-14-19(22(27)28-3)23-25-18-12-8-7-11-17(18)13-24(21(26)20(14)25)15(2)16-9-5-4-6-10-16/h4-12,14-15,20H,13H2,1-3H3/t14-,15-,20-/m0/s1. The van der Waals surface area contributed by atoms with Crippen LogP contribution in [0.3, 0.4) is 0 Å². The van der Waals surface area contributed by atoms with Crippen molar-refractivity contribution in [2.24, 2.45) is 11.0 Å². The van der Waals surface area contributed by atoms with Crippen molar-refractivity contribution in [3.8, 4) is 0 Å². The largest absolute Gasteiger partial charge is 0.464 e. The minimum atomic E-state index is -0.566. The monoisotopic (exact) mass is 377 g/mol. The number of methoxy groups -OCH3 is 1. The quantitative estimate of drug-likeness (QED) is 0.771. The Labute approximate surface area is 164 Å². The zero-order valence-electron chi connectivity index (χ0n) is 16.2. The predicted molar refractivity (Wildman–Crippen MR) is 107 cm³/mol. The van der Waals surface area contributed by atoms with Gasteiger partial charge in [0.2, 0.25) is 5.91 Å². The maximum absolute atomic E-state index is 13.6. The molecule has 1 amide bonds. The number of rotatable bonds is 3. The van der Waals surface area contributed by atoms with Gasteiger partial charge in [0.25, 0.3) is 0 Å². The van der Waals surface area contributed by atoms with E-state index in [0.717, 1.165) is 16.8 Å². The van der Waals surface area contributed by atoms with E-state index < -0.39 is 12.0 Å². The number of hydrogen-bond donors (Lipinski definition) is 0. The zero-order valence-corrected chi connectivity index (χ0v) is 16.2. The SMILES string of the molecule is COC(=O)C1=NN2c3ccccc3CN([C@@H](C)c3ccccc3)C(=O)[C@@H]2[C@H]1C. The average molecular weight is 377 g/mol. The van der Waals surface area contributed by atoms with Gasteiger partial charge in [0, 0.05) is 12.5 Å². The molecule has 0 unspecified atom stereocenters. The van der Waals surface area contributed by atoms with E-state index in [0.29, 0.717) is 6.54 Å². The normalized spacial score (nSPS) is 22.1. The van der Waals surface area contributed by atoms with Gasteiger partial charge in [-0.1, -0.05) is 55.5 Å². The summed E-state index contributed by atoms with van der Waals surface area (Å²) in [7, 11) is 1.33. The van der Waals surface area contributed by atoms with Crippen LogP contribution >= 0.6 is 0 Å². The van der Waals surface area contributed by atoms with Crippen LogP contribution in [-0.4, -0.2) is 35.6 Å². The summed E-state index contributed by atoms with van der Waals surface area (Å²) < 4.78 is 4.89. The van der Waals surface area contributed by atoms with Crippen LogP contribution in [-0.2, 0) is 20.9 Å². The number of para-hydroxylation sites is 1. The lowest BCUT2D eigenvalue weighted by atomic mass is 9.95. The smallest absolute Gasteiger partial charge is 0.354 e. The number of carbonyl (C=O) groups is 2. The zero-order chi connectivity index (χ0) is 19.8. The lowest BCUT2D eigenvalue weighted by Crippen LogP contribution is -2.47. The summed E-state index contributed by atoms with van der Waals surface area (Å²) in [4.78, 5) is 27.7. The Morgan fingerprint density at radius 2 is 1.82 bits per heavy atom. The lowest BCUT2D eigenvalue weighted by molar-refractivity contribution is -0.135. The second-order valence-electron chi connectivity index (χ2n) is 7.24. The first-order valence-corrected chi connectivity index (χ1v) is 9.42. The maximum atomic E-state index is 13.6. The van der Waals surface area contributed by atoms with E-state index in [1.807, 2.05) is 73.3 Å². The van der Waals surface area contributed by atoms with Gasteiger partial charge in [0.1, 0.15) is 6.04 Å². The van der Waals surface area contributed by atoms with Gasteiger partial charge in [-0.25, -0.2) is 4.79 Å². The Morgan fingerprint density at radius 1 is 1.14 bits per heavy atom. The van der Waals surface area contributed by atoms with Crippen LogP contribution in [0.2, 0.25) is 0 Å². The van der Waals surface area contributed by atoms with Crippen molar-refractivity contribution >= 4 is 23.3 Å². The van der Waals surface area contributed by atoms with Crippen LogP contribution in [0.4, 0.5) is 5.69 Å². The molecule has 0 saturated carbocycles. The highest BCUT2D eigenvalue weighted by atomic mass is 16.5. The predicted octanol–water partition coefficient (Wildman–Crippen LogP) is 3.14. The fourth-order valence-corrected chi connectivity index (χ4v) is 4.02. The molecule has 2 aliphatic rings. The summed E-state index contributed by atoms with van der Waals surface area (Å²) in [5, 5.41) is 6.21. The Balaban J connectivity index is 1.80. The molecule has 3 atom stereocenters. The molecule has 0 aromatic heterocycles. The molecule has 2 heterocycles. The van der Waals surface area contributed by atoms with Crippen molar-refractivity contribution < 1.29 is 14.3 Å². The summed E-state index contributed by atoms with van der Waals surface area (Å²) in [6, 6.07) is 17.1. The Bertz CT molecular complexity index is 941. The second kappa shape index (κ2) is 7.11. The van der Waals surface area contributed by atoms with Crippen LogP contribution in [0.15, 0.2) is 59.7 Å². The number of hydrogen-bond acceptors (Lipinski definition) is 5. The van der Waals surface area contributed by atoms with Crippen molar-refractivity contribution in [1.82, 2.24) is 4.90 Å². The molecule has 28 heavy (non-hydrogen) atoms. The molecule has 0 N–H and O–H groups in total. The summed E-state index contributed by atoms with van der Waals surface area (Å²) in [5.41, 5.74) is 3.21. The number of ether oxygens (including phenoxy) is 1. The third kappa shape index (κ3) is 2.85. The number of hydrazone groups is 1. The van der Waals surface area contributed by atoms with Gasteiger partial charge in [-0.05, 0) is 24.1 Å². The van der Waals surface area contributed by atoms with E-state index in [9.17, 15) is 9.59 Å². The lowest BCUT2D eigenvalue weighted by Gasteiger charge is -2.32. The molecule has 0 aliphatic carbocycles. The minimum Gasteiger partial charge on any atom is -0.464 e. The Hall–Kier alpha value is -3.15. The number of carbonyl (C=O) groups excluding carboxylic acids is 2. The molecule has 6 heteroatoms. The van der Waals surface area contributed by atoms with Crippen LogP contribution in [0, 0.1) is 5.92 Å². The fourth-order valence-electron chi connectivity index (χ4n) is 4.02. The van der Waals surface area contributed by atoms with E-state index in [4.69, 9.17) is 4.74 Å². The first kappa shape index (κ1) is 18.2. The van der Waals surface area contributed by atoms with Crippen LogP contribution in [0.5, 0.6) is 0 Å². The van der Waals surface area contributed by atoms with E-state index in [1.54, 1.807) is 5.01 Å². The van der Waals surface area contributed by atoms with Crippen LogP contribution < -0.4 is 5.01 Å². The first-order chi connectivity index (χ1) is 13.5. The van der Waals surface area contributed by atoms with Crippen molar-refractivity contribution in [2.45, 2.75) is 32.5 Å². The summed E-state index contributed by atoms with van der Waals surface area (Å²) >= 11 is 0. The number of anilines is 1. The summed E-state index contributed by atoms with van der Waals surface area (Å²) in [6.07, 6.45) is 0. The van der Waals surface area contributed by atoms with E-state index in [-0.39, 0.29) is 23.6 Å². The highest BCUT2D eigenvalue weighted by Crippen LogP contribution is 2.38. The third-order valence-electron chi connectivity index (χ3n) is 5.64. The van der Waals surface area contributed by atoms with Gasteiger partial charge in [-0.2, -0.15) is 5.10 Å². The van der Waals surface area contributed by atoms with Gasteiger partial charge in [-0.3, -0.25) is 9.80 Å². The highest BCUT2D eigenvalue weighted by Gasteiger charge is 2.47. The van der Waals surface area contributed by atoms with E-state index >= 15 is 0 Å². The Kier molecular flexibility index (Phi) is 4.63. The number of benzene rings is 2. The molecule has 0 fully saturated rings. The molecule has 2 aromatic carbocycles. The first-order valence-electron chi connectivity index (χ1n) is 9.42. The topological polar surface area (TPSA) is 62.2 Å². The molecule has 4 rings (SSSR count). The van der Waals surface area contributed by atoms with Crippen LogP contribution in [0.1, 0.15) is 31.0 Å². The molecule has 144 valence electrons. The number of nitrogens with zero attached hydrogens (tertiary/aromatic N) is 3. The summed E-state index contributed by atoms with van der Waals surface area (Å²) in [5.74, 6) is -0.896. The Morgan fingerprint density at radius 3 is 2.54 bits per heavy atom. The van der Waals surface area contributed by atoms with Crippen molar-refractivity contribution in [3.63, 3.8) is 0 Å². The third-order valence-corrected chi connectivity index (χ3v) is 5.64. The molecule has 0 bridgehead atoms. The number of amides is 1. The second-order valence-corrected chi connectivity index (χ2v) is 7.24. The average Bonchev–Trinajstić information content (AvgIpc) is 3.02. The van der Waals surface area contributed by atoms with Gasteiger partial charge in [-0.15, -0.1) is 0 Å². The van der Waals surface area contributed by atoms with E-state index in [2.05, 4.69) is 5.10 Å². The van der Waals surface area contributed by atoms with Crippen molar-refractivity contribution in [3.05, 3.63) is 65.7 Å². The highest BCUT2D eigenvalue weighted by molar-refractivity contribution is 6.39. The van der Waals surface area contributed by atoms with Crippen molar-refractivity contribution in [2.75, 3.05) is 12.1 Å². The van der Waals surface area contributed by atoms with Gasteiger partial charge in [0.05, 0.1) is 18.8 Å². The molecule has 2 aromatic rings. The molecule has 0 radical (unpaired) electrons. The molecule has 0 spiro atoms. The van der Waals surface area contributed by atoms with Gasteiger partial charge >= 0.3 is 5.97 Å². The number of esters is 1. The molecule has 0 saturated heterocycles. The van der Waals surface area contributed by atoms with Gasteiger partial charge < -0.3 is 9.64 Å². The van der Waals surface area contributed by atoms with Gasteiger partial charge in [0.15, 0.2) is 5.71 Å². The molecular formula is C22H23N3O3. The maximum Gasteiger partial charge on any atom is 0.354 e. The molecule has 6 nitrogen and oxygen atoms in total.